The monoisotopic (exact) mass is 363 g/mol. The Morgan fingerprint density at radius 2 is 1.50 bits per heavy atom. The SMILES string of the molecule is CCCCCCCC(CCCCCCC)n1cnc2c(N)nc(F)nc21. The number of aromatic nitrogens is 4. The summed E-state index contributed by atoms with van der Waals surface area (Å²) in [7, 11) is 0. The molecular weight excluding hydrogens is 329 g/mol. The van der Waals surface area contributed by atoms with Gasteiger partial charge in [0.15, 0.2) is 11.5 Å². The Hall–Kier alpha value is -1.72. The van der Waals surface area contributed by atoms with E-state index in [0.717, 1.165) is 12.8 Å². The van der Waals surface area contributed by atoms with Crippen molar-refractivity contribution in [1.82, 2.24) is 19.5 Å². The maximum absolute atomic E-state index is 13.7. The molecule has 0 spiro atoms. The number of halogens is 1. The number of anilines is 1. The molecule has 0 amide bonds. The van der Waals surface area contributed by atoms with Crippen LogP contribution in [0.15, 0.2) is 6.33 Å². The zero-order valence-corrected chi connectivity index (χ0v) is 16.4. The number of hydrogen-bond acceptors (Lipinski definition) is 4. The van der Waals surface area contributed by atoms with Crippen LogP contribution in [0.2, 0.25) is 0 Å². The first-order valence-corrected chi connectivity index (χ1v) is 10.3. The lowest BCUT2D eigenvalue weighted by molar-refractivity contribution is 0.399. The smallest absolute Gasteiger partial charge is 0.312 e. The quantitative estimate of drug-likeness (QED) is 0.360. The molecule has 5 nitrogen and oxygen atoms in total. The molecule has 0 aliphatic heterocycles. The predicted octanol–water partition coefficient (Wildman–Crippen LogP) is 5.81. The van der Waals surface area contributed by atoms with Crippen LogP contribution in [0.25, 0.3) is 11.2 Å². The van der Waals surface area contributed by atoms with E-state index in [1.807, 2.05) is 4.57 Å². The van der Waals surface area contributed by atoms with Crippen molar-refractivity contribution in [2.75, 3.05) is 5.73 Å². The van der Waals surface area contributed by atoms with Gasteiger partial charge in [-0.15, -0.1) is 0 Å². The highest BCUT2D eigenvalue weighted by Gasteiger charge is 2.17. The summed E-state index contributed by atoms with van der Waals surface area (Å²) in [6.07, 6.45) is 15.7. The molecule has 2 N–H and O–H groups in total. The van der Waals surface area contributed by atoms with E-state index < -0.39 is 6.08 Å². The second-order valence-electron chi connectivity index (χ2n) is 7.26. The van der Waals surface area contributed by atoms with Gasteiger partial charge in [0.25, 0.3) is 0 Å². The van der Waals surface area contributed by atoms with Crippen LogP contribution in [0.4, 0.5) is 10.2 Å². The summed E-state index contributed by atoms with van der Waals surface area (Å²) in [5.41, 5.74) is 6.85. The molecule has 2 aromatic rings. The highest BCUT2D eigenvalue weighted by atomic mass is 19.1. The van der Waals surface area contributed by atoms with Crippen LogP contribution in [0.1, 0.15) is 96.9 Å². The molecule has 2 aromatic heterocycles. The Labute approximate surface area is 156 Å². The van der Waals surface area contributed by atoms with Crippen molar-refractivity contribution in [3.05, 3.63) is 12.4 Å². The summed E-state index contributed by atoms with van der Waals surface area (Å²) < 4.78 is 15.7. The first-order chi connectivity index (χ1) is 12.7. The number of fused-ring (bicyclic) bond motifs is 1. The van der Waals surface area contributed by atoms with Crippen LogP contribution < -0.4 is 5.73 Å². The number of nitrogens with two attached hydrogens (primary N) is 1. The highest BCUT2D eigenvalue weighted by molar-refractivity contribution is 5.81. The molecule has 0 bridgehead atoms. The van der Waals surface area contributed by atoms with Crippen molar-refractivity contribution >= 4 is 17.0 Å². The number of nitrogen functional groups attached to an aromatic ring is 1. The van der Waals surface area contributed by atoms with Crippen molar-refractivity contribution in [3.8, 4) is 0 Å². The Balaban J connectivity index is 2.06. The fraction of sp³-hybridized carbons (Fsp3) is 0.750. The molecule has 0 radical (unpaired) electrons. The van der Waals surface area contributed by atoms with E-state index in [-0.39, 0.29) is 5.82 Å². The molecule has 26 heavy (non-hydrogen) atoms. The van der Waals surface area contributed by atoms with Gasteiger partial charge in [0.1, 0.15) is 5.52 Å². The van der Waals surface area contributed by atoms with Gasteiger partial charge in [-0.3, -0.25) is 0 Å². The van der Waals surface area contributed by atoms with Crippen molar-refractivity contribution in [2.45, 2.75) is 96.9 Å². The summed E-state index contributed by atoms with van der Waals surface area (Å²) in [4.78, 5) is 11.9. The first-order valence-electron chi connectivity index (χ1n) is 10.3. The third-order valence-corrected chi connectivity index (χ3v) is 5.10. The molecule has 0 saturated carbocycles. The molecule has 2 rings (SSSR count). The van der Waals surface area contributed by atoms with E-state index >= 15 is 0 Å². The average Bonchev–Trinajstić information content (AvgIpc) is 3.03. The lowest BCUT2D eigenvalue weighted by atomic mass is 10.00. The van der Waals surface area contributed by atoms with Crippen LogP contribution in [0.3, 0.4) is 0 Å². The summed E-state index contributed by atoms with van der Waals surface area (Å²) in [5, 5.41) is 0. The van der Waals surface area contributed by atoms with Crippen LogP contribution in [0, 0.1) is 6.08 Å². The van der Waals surface area contributed by atoms with Crippen LogP contribution in [0.5, 0.6) is 0 Å². The van der Waals surface area contributed by atoms with Crippen molar-refractivity contribution in [1.29, 1.82) is 0 Å². The van der Waals surface area contributed by atoms with E-state index in [0.29, 0.717) is 17.2 Å². The molecule has 0 aromatic carbocycles. The van der Waals surface area contributed by atoms with Gasteiger partial charge in [0, 0.05) is 6.04 Å². The lowest BCUT2D eigenvalue weighted by Gasteiger charge is -2.19. The van der Waals surface area contributed by atoms with E-state index in [1.165, 1.54) is 64.2 Å². The van der Waals surface area contributed by atoms with Crippen LogP contribution >= 0.6 is 0 Å². The summed E-state index contributed by atoms with van der Waals surface area (Å²) in [5.74, 6) is 0.121. The maximum atomic E-state index is 13.7. The zero-order valence-electron chi connectivity index (χ0n) is 16.4. The molecular formula is C20H34FN5. The molecule has 0 saturated heterocycles. The number of rotatable bonds is 13. The van der Waals surface area contributed by atoms with Gasteiger partial charge in [0.2, 0.25) is 0 Å². The van der Waals surface area contributed by atoms with Gasteiger partial charge in [-0.05, 0) is 12.8 Å². The molecule has 6 heteroatoms. The summed E-state index contributed by atoms with van der Waals surface area (Å²) in [6.45, 7) is 4.46. The van der Waals surface area contributed by atoms with Gasteiger partial charge in [0.05, 0.1) is 6.33 Å². The number of hydrogen-bond donors (Lipinski definition) is 1. The molecule has 146 valence electrons. The number of nitrogens with zero attached hydrogens (tertiary/aromatic N) is 4. The summed E-state index contributed by atoms with van der Waals surface area (Å²) in [6, 6.07) is 0.303. The van der Waals surface area contributed by atoms with E-state index in [4.69, 9.17) is 5.73 Å². The van der Waals surface area contributed by atoms with Crippen molar-refractivity contribution < 1.29 is 4.39 Å². The van der Waals surface area contributed by atoms with Crippen molar-refractivity contribution in [3.63, 3.8) is 0 Å². The lowest BCUT2D eigenvalue weighted by Crippen LogP contribution is -2.10. The van der Waals surface area contributed by atoms with E-state index in [1.54, 1.807) is 6.33 Å². The van der Waals surface area contributed by atoms with Gasteiger partial charge in [-0.2, -0.15) is 14.4 Å². The number of unbranched alkanes of at least 4 members (excludes halogenated alkanes) is 8. The second-order valence-corrected chi connectivity index (χ2v) is 7.26. The number of imidazole rings is 1. The highest BCUT2D eigenvalue weighted by Crippen LogP contribution is 2.28. The first kappa shape index (κ1) is 20.6. The van der Waals surface area contributed by atoms with Gasteiger partial charge in [-0.25, -0.2) is 4.98 Å². The minimum absolute atomic E-state index is 0.121. The molecule has 0 atom stereocenters. The van der Waals surface area contributed by atoms with Crippen molar-refractivity contribution in [2.24, 2.45) is 0 Å². The Bertz CT molecular complexity index is 641. The molecule has 0 unspecified atom stereocenters. The fourth-order valence-electron chi connectivity index (χ4n) is 3.57. The van der Waals surface area contributed by atoms with Crippen LogP contribution in [-0.2, 0) is 0 Å². The van der Waals surface area contributed by atoms with Gasteiger partial charge < -0.3 is 10.3 Å². The van der Waals surface area contributed by atoms with E-state index in [2.05, 4.69) is 28.8 Å². The molecule has 2 heterocycles. The zero-order chi connectivity index (χ0) is 18.8. The maximum Gasteiger partial charge on any atom is 0.312 e. The van der Waals surface area contributed by atoms with Gasteiger partial charge in [-0.1, -0.05) is 78.1 Å². The summed E-state index contributed by atoms with van der Waals surface area (Å²) >= 11 is 0. The van der Waals surface area contributed by atoms with Crippen LogP contribution in [-0.4, -0.2) is 19.5 Å². The molecule has 0 aliphatic rings. The largest absolute Gasteiger partial charge is 0.382 e. The Morgan fingerprint density at radius 1 is 0.923 bits per heavy atom. The molecule has 0 aliphatic carbocycles. The average molecular weight is 364 g/mol. The third-order valence-electron chi connectivity index (χ3n) is 5.10. The standard InChI is InChI=1S/C20H34FN5/c1-3-5-7-9-11-13-16(14-12-10-8-6-4-2)26-15-23-17-18(22)24-20(21)25-19(17)26/h15-16H,3-14H2,1-2H3,(H2,22,24,25). The predicted molar refractivity (Wildman–Crippen MR) is 105 cm³/mol. The topological polar surface area (TPSA) is 69.6 Å². The third kappa shape index (κ3) is 5.92. The molecule has 0 fully saturated rings. The minimum atomic E-state index is -0.776. The second kappa shape index (κ2) is 11.1. The normalized spacial score (nSPS) is 11.7. The van der Waals surface area contributed by atoms with E-state index in [9.17, 15) is 4.39 Å². The fourth-order valence-corrected chi connectivity index (χ4v) is 3.57. The van der Waals surface area contributed by atoms with Gasteiger partial charge >= 0.3 is 6.08 Å². The Kier molecular flexibility index (Phi) is 8.78. The Morgan fingerprint density at radius 3 is 2.08 bits per heavy atom. The minimum Gasteiger partial charge on any atom is -0.382 e.